The van der Waals surface area contributed by atoms with Crippen LogP contribution in [0.2, 0.25) is 0 Å². The summed E-state index contributed by atoms with van der Waals surface area (Å²) >= 11 is 0. The minimum absolute atomic E-state index is 0.120. The largest absolute Gasteiger partial charge is 0.454 e. The van der Waals surface area contributed by atoms with Gasteiger partial charge in [0.25, 0.3) is 6.71 Å². The molecule has 4 aliphatic rings. The molecule has 0 unspecified atom stereocenters. The maximum absolute atomic E-state index is 7.39. The van der Waals surface area contributed by atoms with Gasteiger partial charge in [0.05, 0.1) is 11.4 Å². The van der Waals surface area contributed by atoms with Crippen molar-refractivity contribution in [1.29, 1.82) is 0 Å². The molecule has 6 heterocycles. The number of fused-ring (bicyclic) bond motifs is 10. The van der Waals surface area contributed by atoms with Crippen LogP contribution in [0.15, 0.2) is 142 Å². The Morgan fingerprint density at radius 2 is 0.868 bits per heavy atom. The van der Waals surface area contributed by atoms with Gasteiger partial charge in [0, 0.05) is 56.3 Å². The fraction of sp³-hybridized carbons (Fsp3) is 0.220. The van der Waals surface area contributed by atoms with Crippen molar-refractivity contribution in [2.24, 2.45) is 0 Å². The summed E-state index contributed by atoms with van der Waals surface area (Å²) in [5.41, 5.74) is 16.4. The first-order chi connectivity index (χ1) is 32.8. The molecule has 9 aromatic rings. The van der Waals surface area contributed by atoms with Crippen molar-refractivity contribution in [2.45, 2.75) is 72.1 Å². The van der Waals surface area contributed by atoms with Crippen LogP contribution in [0.1, 0.15) is 78.0 Å². The Bertz CT molecular complexity index is 3310. The summed E-state index contributed by atoms with van der Waals surface area (Å²) in [6.45, 7) is 18.2. The van der Waals surface area contributed by atoms with E-state index in [4.69, 9.17) is 27.8 Å². The highest BCUT2D eigenvalue weighted by molar-refractivity contribution is 7.02. The van der Waals surface area contributed by atoms with Crippen LogP contribution >= 0.6 is 0 Å². The van der Waals surface area contributed by atoms with Gasteiger partial charge in [-0.25, -0.2) is 0 Å². The third kappa shape index (κ3) is 6.07. The quantitative estimate of drug-likeness (QED) is 0.158. The van der Waals surface area contributed by atoms with E-state index in [1.165, 1.54) is 16.7 Å². The SMILES string of the molecule is CC(C)c1cc2c3c(c1)N(c1cc4c(cc1-c1ccccc1)OCO4)c1oc4ccc(C(C)(C)C)cc4c1B3c1c(oc3ccc(C(C)(C)C)cc13)N2c1cc2c(cc1-c1ccccc1)OCO2. The predicted octanol–water partition coefficient (Wildman–Crippen LogP) is 13.8. The first kappa shape index (κ1) is 40.7. The lowest BCUT2D eigenvalue weighted by Crippen LogP contribution is -2.61. The normalized spacial score (nSPS) is 14.6. The molecule has 4 aliphatic heterocycles. The molecule has 0 fully saturated rings. The summed E-state index contributed by atoms with van der Waals surface area (Å²) in [6.07, 6.45) is 0. The standard InChI is InChI=1S/C59H51BN2O6/c1-33(2)36-23-45-55-46(24-36)62(44-30-52-50(64-32-66-52)28-40(44)35-17-13-10-14-18-35)57-54(42-26-38(59(6,7)8)20-22-48(42)68-57)60(55)53-41-25-37(58(3,4)5)19-21-47(41)67-56(53)61(45)43-29-51-49(63-31-65-51)27-39(43)34-15-11-9-12-16-34/h9-30,33H,31-32H2,1-8H3. The molecular formula is C59H51BN2O6. The number of furan rings is 2. The van der Waals surface area contributed by atoms with E-state index in [9.17, 15) is 0 Å². The van der Waals surface area contributed by atoms with E-state index < -0.39 is 0 Å². The Labute approximate surface area is 396 Å². The zero-order chi connectivity index (χ0) is 46.4. The average Bonchev–Trinajstić information content (AvgIpc) is 4.15. The Kier molecular flexibility index (Phi) is 8.68. The summed E-state index contributed by atoms with van der Waals surface area (Å²) in [7, 11) is 0. The van der Waals surface area contributed by atoms with Crippen molar-refractivity contribution in [3.05, 3.63) is 150 Å². The lowest BCUT2D eigenvalue weighted by atomic mass is 9.33. The van der Waals surface area contributed by atoms with Gasteiger partial charge in [-0.1, -0.05) is 128 Å². The molecule has 0 bridgehead atoms. The number of ether oxygens (including phenoxy) is 4. The molecule has 0 amide bonds. The minimum atomic E-state index is -0.296. The van der Waals surface area contributed by atoms with Gasteiger partial charge in [-0.15, -0.1) is 0 Å². The fourth-order valence-corrected chi connectivity index (χ4v) is 10.7. The van der Waals surface area contributed by atoms with Crippen LogP contribution < -0.4 is 45.1 Å². The lowest BCUT2D eigenvalue weighted by Gasteiger charge is -2.42. The van der Waals surface area contributed by atoms with Crippen molar-refractivity contribution in [3.8, 4) is 45.3 Å². The molecule has 8 nitrogen and oxygen atoms in total. The molecule has 0 saturated carbocycles. The highest BCUT2D eigenvalue weighted by Gasteiger charge is 2.50. The van der Waals surface area contributed by atoms with Crippen LogP contribution in [0.25, 0.3) is 44.2 Å². The summed E-state index contributed by atoms with van der Waals surface area (Å²) < 4.78 is 39.4. The lowest BCUT2D eigenvalue weighted by molar-refractivity contribution is 0.173. The first-order valence-electron chi connectivity index (χ1n) is 23.7. The zero-order valence-electron chi connectivity index (χ0n) is 39.6. The van der Waals surface area contributed by atoms with Crippen molar-refractivity contribution >= 4 is 79.6 Å². The van der Waals surface area contributed by atoms with Gasteiger partial charge in [0.15, 0.2) is 23.0 Å². The highest BCUT2D eigenvalue weighted by Crippen LogP contribution is 2.54. The monoisotopic (exact) mass is 894 g/mol. The number of benzene rings is 7. The second-order valence-electron chi connectivity index (χ2n) is 21.0. The molecule has 2 aromatic heterocycles. The second kappa shape index (κ2) is 14.5. The van der Waals surface area contributed by atoms with E-state index >= 15 is 0 Å². The molecule has 0 N–H and O–H groups in total. The molecule has 0 spiro atoms. The fourth-order valence-electron chi connectivity index (χ4n) is 10.7. The van der Waals surface area contributed by atoms with E-state index in [1.807, 2.05) is 0 Å². The smallest absolute Gasteiger partial charge is 0.262 e. The van der Waals surface area contributed by atoms with Crippen molar-refractivity contribution in [1.82, 2.24) is 0 Å². The summed E-state index contributed by atoms with van der Waals surface area (Å²) in [4.78, 5) is 4.72. The maximum Gasteiger partial charge on any atom is 0.262 e. The minimum Gasteiger partial charge on any atom is -0.454 e. The third-order valence-electron chi connectivity index (χ3n) is 14.4. The predicted molar refractivity (Wildman–Crippen MR) is 275 cm³/mol. The number of hydrogen-bond donors (Lipinski definition) is 0. The number of nitrogens with zero attached hydrogens (tertiary/aromatic N) is 2. The summed E-state index contributed by atoms with van der Waals surface area (Å²) in [6, 6.07) is 47.9. The number of rotatable bonds is 5. The third-order valence-corrected chi connectivity index (χ3v) is 14.4. The average molecular weight is 895 g/mol. The topological polar surface area (TPSA) is 69.7 Å². The first-order valence-corrected chi connectivity index (χ1v) is 23.7. The maximum atomic E-state index is 7.39. The molecule has 7 aromatic carbocycles. The van der Waals surface area contributed by atoms with Crippen LogP contribution in [0.5, 0.6) is 23.0 Å². The second-order valence-corrected chi connectivity index (χ2v) is 21.0. The molecule has 68 heavy (non-hydrogen) atoms. The highest BCUT2D eigenvalue weighted by atomic mass is 16.7. The number of anilines is 6. The Balaban J connectivity index is 1.21. The van der Waals surface area contributed by atoms with E-state index in [1.54, 1.807) is 0 Å². The zero-order valence-corrected chi connectivity index (χ0v) is 39.6. The van der Waals surface area contributed by atoms with Gasteiger partial charge in [-0.05, 0) is 98.6 Å². The van der Waals surface area contributed by atoms with Crippen LogP contribution in [0.3, 0.4) is 0 Å². The molecule has 0 saturated heterocycles. The van der Waals surface area contributed by atoms with Crippen LogP contribution in [-0.2, 0) is 10.8 Å². The Morgan fingerprint density at radius 3 is 1.26 bits per heavy atom. The molecule has 9 heteroatoms. The number of hydrogen-bond acceptors (Lipinski definition) is 8. The van der Waals surface area contributed by atoms with Gasteiger partial charge in [-0.2, -0.15) is 0 Å². The van der Waals surface area contributed by atoms with Gasteiger partial charge in [0.2, 0.25) is 25.4 Å². The van der Waals surface area contributed by atoms with E-state index in [2.05, 4.69) is 199 Å². The van der Waals surface area contributed by atoms with Gasteiger partial charge >= 0.3 is 0 Å². The Hall–Kier alpha value is -7.52. The van der Waals surface area contributed by atoms with E-state index in [-0.39, 0.29) is 37.0 Å². The van der Waals surface area contributed by atoms with Crippen LogP contribution in [-0.4, -0.2) is 20.3 Å². The van der Waals surface area contributed by atoms with Gasteiger partial charge in [-0.3, -0.25) is 9.80 Å². The summed E-state index contributed by atoms with van der Waals surface area (Å²) in [5, 5.41) is 2.14. The molecule has 13 rings (SSSR count). The summed E-state index contributed by atoms with van der Waals surface area (Å²) in [5.74, 6) is 4.50. The van der Waals surface area contributed by atoms with Gasteiger partial charge in [0.1, 0.15) is 11.2 Å². The molecule has 0 radical (unpaired) electrons. The molecule has 0 atom stereocenters. The molecule has 336 valence electrons. The van der Waals surface area contributed by atoms with Gasteiger partial charge < -0.3 is 27.8 Å². The van der Waals surface area contributed by atoms with Crippen molar-refractivity contribution in [2.75, 3.05) is 23.4 Å². The van der Waals surface area contributed by atoms with E-state index in [0.29, 0.717) is 23.0 Å². The molecular weight excluding hydrogens is 843 g/mol. The van der Waals surface area contributed by atoms with Crippen molar-refractivity contribution in [3.63, 3.8) is 0 Å². The van der Waals surface area contributed by atoms with Crippen LogP contribution in [0, 0.1) is 0 Å². The van der Waals surface area contributed by atoms with E-state index in [0.717, 1.165) is 95.1 Å². The molecule has 0 aliphatic carbocycles. The van der Waals surface area contributed by atoms with Crippen molar-refractivity contribution < 1.29 is 27.8 Å². The Morgan fingerprint density at radius 1 is 0.456 bits per heavy atom. The van der Waals surface area contributed by atoms with Crippen LogP contribution in [0.4, 0.5) is 34.5 Å².